The van der Waals surface area contributed by atoms with E-state index >= 15 is 0 Å². The van der Waals surface area contributed by atoms with Crippen LogP contribution in [0.25, 0.3) is 0 Å². The molecule has 0 aliphatic heterocycles. The lowest BCUT2D eigenvalue weighted by Crippen LogP contribution is -2.27. The summed E-state index contributed by atoms with van der Waals surface area (Å²) in [5.41, 5.74) is 8.02. The molecule has 1 unspecified atom stereocenters. The third-order valence-electron chi connectivity index (χ3n) is 4.25. The highest BCUT2D eigenvalue weighted by Crippen LogP contribution is 2.24. The average molecular weight is 378 g/mol. The summed E-state index contributed by atoms with van der Waals surface area (Å²) >= 11 is 0. The van der Waals surface area contributed by atoms with Gasteiger partial charge in [-0.05, 0) is 38.4 Å². The van der Waals surface area contributed by atoms with Gasteiger partial charge in [-0.2, -0.15) is 5.10 Å². The van der Waals surface area contributed by atoms with Gasteiger partial charge in [0.2, 0.25) is 0 Å². The van der Waals surface area contributed by atoms with Crippen LogP contribution in [-0.4, -0.2) is 41.3 Å². The van der Waals surface area contributed by atoms with E-state index in [-0.39, 0.29) is 6.04 Å². The number of likely N-dealkylation sites (N-methyl/N-ethyl adjacent to an activating group) is 1. The molecular weight excluding hydrogens is 352 g/mol. The number of aliphatic imine (C=N–C) groups is 1. The molecule has 3 aromatic rings. The zero-order valence-electron chi connectivity index (χ0n) is 16.4. The quantitative estimate of drug-likeness (QED) is 0.487. The number of anilines is 1. The second kappa shape index (κ2) is 9.05. The summed E-state index contributed by atoms with van der Waals surface area (Å²) in [5.74, 6) is 1.87. The van der Waals surface area contributed by atoms with Crippen LogP contribution in [0.15, 0.2) is 72.0 Å². The molecule has 0 spiro atoms. The minimum atomic E-state index is 0.0989. The van der Waals surface area contributed by atoms with Crippen molar-refractivity contribution in [1.29, 1.82) is 0 Å². The lowest BCUT2D eigenvalue weighted by Gasteiger charge is -2.21. The van der Waals surface area contributed by atoms with Crippen LogP contribution in [0.4, 0.5) is 5.69 Å². The third kappa shape index (κ3) is 5.34. The molecule has 7 nitrogen and oxygen atoms in total. The smallest absolute Gasteiger partial charge is 0.193 e. The molecule has 1 atom stereocenters. The SMILES string of the molecule is CN(C)C(CN=C(N)Nc1cccc(Oc2ccccc2)c1)c1cnn(C)c1. The normalized spacial score (nSPS) is 12.8. The number of aryl methyl sites for hydroxylation is 1. The predicted octanol–water partition coefficient (Wildman–Crippen LogP) is 3.24. The van der Waals surface area contributed by atoms with Gasteiger partial charge < -0.3 is 20.7 Å². The Balaban J connectivity index is 1.65. The van der Waals surface area contributed by atoms with Crippen molar-refractivity contribution in [3.8, 4) is 11.5 Å². The monoisotopic (exact) mass is 378 g/mol. The molecule has 0 fully saturated rings. The Labute approximate surface area is 165 Å². The molecule has 1 aromatic heterocycles. The van der Waals surface area contributed by atoms with Gasteiger partial charge in [-0.25, -0.2) is 0 Å². The van der Waals surface area contributed by atoms with E-state index in [9.17, 15) is 0 Å². The summed E-state index contributed by atoms with van der Waals surface area (Å²) in [4.78, 5) is 6.60. The standard InChI is InChI=1S/C21H26N6O/c1-26(2)20(16-13-24-27(3)15-16)14-23-21(22)25-17-8-7-11-19(12-17)28-18-9-5-4-6-10-18/h4-13,15,20H,14H2,1-3H3,(H3,22,23,25). The fourth-order valence-electron chi connectivity index (χ4n) is 2.81. The Morgan fingerprint density at radius 1 is 1.18 bits per heavy atom. The first-order chi connectivity index (χ1) is 13.5. The molecule has 3 N–H and O–H groups in total. The van der Waals surface area contributed by atoms with Gasteiger partial charge in [0, 0.05) is 30.6 Å². The molecule has 0 saturated heterocycles. The highest BCUT2D eigenvalue weighted by Gasteiger charge is 2.15. The highest BCUT2D eigenvalue weighted by molar-refractivity contribution is 5.92. The van der Waals surface area contributed by atoms with E-state index in [2.05, 4.69) is 20.3 Å². The second-order valence-corrected chi connectivity index (χ2v) is 6.72. The molecule has 3 rings (SSSR count). The fraction of sp³-hybridized carbons (Fsp3) is 0.238. The number of ether oxygens (including phenoxy) is 1. The van der Waals surface area contributed by atoms with Gasteiger partial charge in [0.15, 0.2) is 5.96 Å². The van der Waals surface area contributed by atoms with Crippen molar-refractivity contribution in [3.63, 3.8) is 0 Å². The van der Waals surface area contributed by atoms with Crippen LogP contribution in [0.5, 0.6) is 11.5 Å². The van der Waals surface area contributed by atoms with Gasteiger partial charge in [-0.1, -0.05) is 24.3 Å². The number of nitrogens with two attached hydrogens (primary N) is 1. The fourth-order valence-corrected chi connectivity index (χ4v) is 2.81. The van der Waals surface area contributed by atoms with Gasteiger partial charge >= 0.3 is 0 Å². The van der Waals surface area contributed by atoms with Crippen molar-refractivity contribution < 1.29 is 4.74 Å². The number of para-hydroxylation sites is 1. The van der Waals surface area contributed by atoms with Crippen molar-refractivity contribution in [2.45, 2.75) is 6.04 Å². The van der Waals surface area contributed by atoms with Crippen LogP contribution < -0.4 is 15.8 Å². The van der Waals surface area contributed by atoms with E-state index < -0.39 is 0 Å². The number of benzene rings is 2. The summed E-state index contributed by atoms with van der Waals surface area (Å²) in [6.07, 6.45) is 3.85. The Morgan fingerprint density at radius 2 is 1.93 bits per heavy atom. The van der Waals surface area contributed by atoms with Crippen molar-refractivity contribution >= 4 is 11.6 Å². The minimum Gasteiger partial charge on any atom is -0.457 e. The summed E-state index contributed by atoms with van der Waals surface area (Å²) in [6, 6.07) is 17.4. The first-order valence-corrected chi connectivity index (χ1v) is 9.06. The number of aromatic nitrogens is 2. The van der Waals surface area contributed by atoms with Crippen LogP contribution in [0.3, 0.4) is 0 Å². The van der Waals surface area contributed by atoms with Crippen molar-refractivity contribution in [1.82, 2.24) is 14.7 Å². The maximum Gasteiger partial charge on any atom is 0.193 e. The maximum absolute atomic E-state index is 6.10. The van der Waals surface area contributed by atoms with E-state index in [4.69, 9.17) is 10.5 Å². The Hall–Kier alpha value is -3.32. The molecule has 28 heavy (non-hydrogen) atoms. The van der Waals surface area contributed by atoms with Gasteiger partial charge in [0.1, 0.15) is 11.5 Å². The van der Waals surface area contributed by atoms with Crippen LogP contribution in [0.2, 0.25) is 0 Å². The molecule has 7 heteroatoms. The largest absolute Gasteiger partial charge is 0.457 e. The average Bonchev–Trinajstić information content (AvgIpc) is 3.09. The zero-order chi connectivity index (χ0) is 19.9. The lowest BCUT2D eigenvalue weighted by atomic mass is 10.1. The number of nitrogens with zero attached hydrogens (tertiary/aromatic N) is 4. The van der Waals surface area contributed by atoms with Crippen LogP contribution in [-0.2, 0) is 7.05 Å². The maximum atomic E-state index is 6.10. The van der Waals surface area contributed by atoms with Gasteiger partial charge in [-0.15, -0.1) is 0 Å². The molecule has 0 saturated carbocycles. The van der Waals surface area contributed by atoms with E-state index in [1.54, 1.807) is 4.68 Å². The topological polar surface area (TPSA) is 80.7 Å². The third-order valence-corrected chi connectivity index (χ3v) is 4.25. The van der Waals surface area contributed by atoms with Crippen LogP contribution in [0.1, 0.15) is 11.6 Å². The van der Waals surface area contributed by atoms with E-state index in [0.717, 1.165) is 22.7 Å². The summed E-state index contributed by atoms with van der Waals surface area (Å²) in [5, 5.41) is 7.37. The van der Waals surface area contributed by atoms with Gasteiger partial charge in [0.05, 0.1) is 18.8 Å². The molecule has 0 amide bonds. The van der Waals surface area contributed by atoms with E-state index in [1.165, 1.54) is 0 Å². The summed E-state index contributed by atoms with van der Waals surface area (Å²) in [7, 11) is 5.93. The Bertz CT molecular complexity index is 919. The lowest BCUT2D eigenvalue weighted by molar-refractivity contribution is 0.306. The second-order valence-electron chi connectivity index (χ2n) is 6.72. The number of hydrogen-bond donors (Lipinski definition) is 2. The summed E-state index contributed by atoms with van der Waals surface area (Å²) in [6.45, 7) is 0.526. The van der Waals surface area contributed by atoms with Crippen molar-refractivity contribution in [3.05, 3.63) is 72.6 Å². The first-order valence-electron chi connectivity index (χ1n) is 9.06. The molecule has 0 aliphatic carbocycles. The molecule has 1 heterocycles. The van der Waals surface area contributed by atoms with Gasteiger partial charge in [-0.3, -0.25) is 9.67 Å². The number of rotatable bonds is 7. The van der Waals surface area contributed by atoms with E-state index in [0.29, 0.717) is 12.5 Å². The molecule has 0 bridgehead atoms. The Kier molecular flexibility index (Phi) is 6.29. The predicted molar refractivity (Wildman–Crippen MR) is 113 cm³/mol. The van der Waals surface area contributed by atoms with Crippen LogP contribution >= 0.6 is 0 Å². The van der Waals surface area contributed by atoms with Gasteiger partial charge in [0.25, 0.3) is 0 Å². The molecule has 146 valence electrons. The number of guanidine groups is 1. The van der Waals surface area contributed by atoms with Crippen LogP contribution in [0, 0.1) is 0 Å². The highest BCUT2D eigenvalue weighted by atomic mass is 16.5. The number of hydrogen-bond acceptors (Lipinski definition) is 4. The molecular formula is C21H26N6O. The molecule has 0 radical (unpaired) electrons. The molecule has 2 aromatic carbocycles. The number of nitrogens with one attached hydrogen (secondary N) is 1. The van der Waals surface area contributed by atoms with E-state index in [1.807, 2.05) is 88.1 Å². The zero-order valence-corrected chi connectivity index (χ0v) is 16.4. The minimum absolute atomic E-state index is 0.0989. The van der Waals surface area contributed by atoms with Crippen molar-refractivity contribution in [2.75, 3.05) is 26.0 Å². The first kappa shape index (κ1) is 19.4. The van der Waals surface area contributed by atoms with Crippen molar-refractivity contribution in [2.24, 2.45) is 17.8 Å². The molecule has 0 aliphatic rings. The summed E-state index contributed by atoms with van der Waals surface area (Å²) < 4.78 is 7.64. The Morgan fingerprint density at radius 3 is 2.61 bits per heavy atom.